The molecule has 0 amide bonds. The van der Waals surface area contributed by atoms with Crippen molar-refractivity contribution in [2.24, 2.45) is 5.92 Å². The number of nitrogens with zero attached hydrogens (tertiary/aromatic N) is 1. The quantitative estimate of drug-likeness (QED) is 0.379. The van der Waals surface area contributed by atoms with E-state index >= 15 is 0 Å². The predicted molar refractivity (Wildman–Crippen MR) is 65.6 cm³/mol. The van der Waals surface area contributed by atoms with Gasteiger partial charge in [-0.1, -0.05) is 6.42 Å². The Morgan fingerprint density at radius 3 is 2.81 bits per heavy atom. The van der Waals surface area contributed by atoms with Crippen LogP contribution in [0.25, 0.3) is 0 Å². The summed E-state index contributed by atoms with van der Waals surface area (Å²) in [5.41, 5.74) is 5.78. The Hall–Kier alpha value is -1.23. The van der Waals surface area contributed by atoms with Gasteiger partial charge in [0.25, 0.3) is 5.69 Å². The van der Waals surface area contributed by atoms with E-state index in [2.05, 4.69) is 0 Å². The van der Waals surface area contributed by atoms with E-state index in [1.165, 1.54) is 19.3 Å². The fourth-order valence-electron chi connectivity index (χ4n) is 1.64. The molecule has 0 radical (unpaired) electrons. The molecule has 1 saturated carbocycles. The second-order valence-electron chi connectivity index (χ2n) is 4.09. The molecule has 16 heavy (non-hydrogen) atoms. The lowest BCUT2D eigenvalue weighted by Crippen LogP contribution is -2.13. The lowest BCUT2D eigenvalue weighted by Gasteiger charge is -2.24. The largest absolute Gasteiger partial charge is 0.393 e. The van der Waals surface area contributed by atoms with Crippen LogP contribution < -0.4 is 5.73 Å². The van der Waals surface area contributed by atoms with Crippen molar-refractivity contribution in [3.05, 3.63) is 28.3 Å². The normalized spacial score (nSPS) is 15.8. The summed E-state index contributed by atoms with van der Waals surface area (Å²) in [5, 5.41) is 10.7. The maximum absolute atomic E-state index is 10.7. The van der Waals surface area contributed by atoms with E-state index in [-0.39, 0.29) is 11.4 Å². The van der Waals surface area contributed by atoms with E-state index < -0.39 is 4.92 Å². The summed E-state index contributed by atoms with van der Waals surface area (Å²) in [6.07, 6.45) is 3.92. The summed E-state index contributed by atoms with van der Waals surface area (Å²) in [6, 6.07) is 5.03. The van der Waals surface area contributed by atoms with Crippen molar-refractivity contribution < 1.29 is 4.92 Å². The van der Waals surface area contributed by atoms with Gasteiger partial charge in [-0.05, 0) is 30.9 Å². The first-order valence-electron chi connectivity index (χ1n) is 5.33. The summed E-state index contributed by atoms with van der Waals surface area (Å²) < 4.78 is 0. The lowest BCUT2D eigenvalue weighted by molar-refractivity contribution is -0.384. The van der Waals surface area contributed by atoms with Crippen molar-refractivity contribution in [1.29, 1.82) is 0 Å². The highest BCUT2D eigenvalue weighted by Gasteiger charge is 2.18. The maximum Gasteiger partial charge on any atom is 0.293 e. The molecule has 1 aromatic carbocycles. The van der Waals surface area contributed by atoms with Gasteiger partial charge in [0.15, 0.2) is 0 Å². The van der Waals surface area contributed by atoms with Gasteiger partial charge in [-0.15, -0.1) is 11.8 Å². The zero-order valence-corrected chi connectivity index (χ0v) is 9.70. The van der Waals surface area contributed by atoms with E-state index in [0.717, 1.165) is 16.6 Å². The van der Waals surface area contributed by atoms with Gasteiger partial charge in [0.1, 0.15) is 5.69 Å². The first-order chi connectivity index (χ1) is 7.66. The number of nitrogen functional groups attached to an aromatic ring is 1. The third-order valence-corrected chi connectivity index (χ3v) is 4.13. The molecule has 0 aliphatic heterocycles. The van der Waals surface area contributed by atoms with Crippen molar-refractivity contribution >= 4 is 23.1 Å². The third-order valence-electron chi connectivity index (χ3n) is 2.91. The van der Waals surface area contributed by atoms with Crippen LogP contribution in [0.5, 0.6) is 0 Å². The number of benzene rings is 1. The summed E-state index contributed by atoms with van der Waals surface area (Å²) in [7, 11) is 0. The fraction of sp³-hybridized carbons (Fsp3) is 0.455. The first-order valence-corrected chi connectivity index (χ1v) is 6.32. The molecular weight excluding hydrogens is 224 g/mol. The van der Waals surface area contributed by atoms with Gasteiger partial charge < -0.3 is 5.73 Å². The molecule has 0 spiro atoms. The number of hydrogen-bond donors (Lipinski definition) is 1. The number of nitrogens with two attached hydrogens (primary N) is 1. The van der Waals surface area contributed by atoms with E-state index in [9.17, 15) is 10.1 Å². The van der Waals surface area contributed by atoms with Crippen LogP contribution in [0.15, 0.2) is 23.1 Å². The van der Waals surface area contributed by atoms with Gasteiger partial charge in [0.2, 0.25) is 0 Å². The second kappa shape index (κ2) is 4.74. The van der Waals surface area contributed by atoms with Gasteiger partial charge in [0, 0.05) is 16.7 Å². The number of rotatable bonds is 4. The molecule has 4 nitrogen and oxygen atoms in total. The molecule has 5 heteroatoms. The molecule has 86 valence electrons. The van der Waals surface area contributed by atoms with E-state index in [1.807, 2.05) is 6.07 Å². The van der Waals surface area contributed by atoms with Crippen LogP contribution in [0.3, 0.4) is 0 Å². The number of nitro benzene ring substituents is 1. The Labute approximate surface area is 98.4 Å². The standard InChI is InChI=1S/C11H14N2O2S/c12-10-5-4-9(6-11(10)13(14)15)16-7-8-2-1-3-8/h4-6,8H,1-3,7,12H2. The van der Waals surface area contributed by atoms with Gasteiger partial charge in [-0.25, -0.2) is 0 Å². The molecule has 0 bridgehead atoms. The molecule has 0 atom stereocenters. The second-order valence-corrected chi connectivity index (χ2v) is 5.18. The zero-order chi connectivity index (χ0) is 11.5. The van der Waals surface area contributed by atoms with Crippen LogP contribution >= 0.6 is 11.8 Å². The zero-order valence-electron chi connectivity index (χ0n) is 8.89. The SMILES string of the molecule is Nc1ccc(SCC2CCC2)cc1[N+](=O)[O-]. The van der Waals surface area contributed by atoms with Crippen molar-refractivity contribution in [1.82, 2.24) is 0 Å². The predicted octanol–water partition coefficient (Wildman–Crippen LogP) is 3.07. The molecule has 1 fully saturated rings. The van der Waals surface area contributed by atoms with Gasteiger partial charge in [-0.3, -0.25) is 10.1 Å². The number of anilines is 1. The third kappa shape index (κ3) is 2.47. The molecule has 0 aromatic heterocycles. The Balaban J connectivity index is 2.03. The lowest BCUT2D eigenvalue weighted by atomic mass is 9.87. The Morgan fingerprint density at radius 1 is 1.50 bits per heavy atom. The number of hydrogen-bond acceptors (Lipinski definition) is 4. The van der Waals surface area contributed by atoms with Crippen LogP contribution in [0, 0.1) is 16.0 Å². The molecule has 2 rings (SSSR count). The average molecular weight is 238 g/mol. The van der Waals surface area contributed by atoms with E-state index in [4.69, 9.17) is 5.73 Å². The summed E-state index contributed by atoms with van der Waals surface area (Å²) in [6.45, 7) is 0. The minimum atomic E-state index is -0.428. The molecule has 1 aliphatic rings. The van der Waals surface area contributed by atoms with Crippen molar-refractivity contribution in [2.75, 3.05) is 11.5 Å². The Kier molecular flexibility index (Phi) is 3.33. The van der Waals surface area contributed by atoms with Crippen LogP contribution in [0.2, 0.25) is 0 Å². The molecule has 2 N–H and O–H groups in total. The monoisotopic (exact) mass is 238 g/mol. The summed E-state index contributed by atoms with van der Waals surface area (Å²) in [4.78, 5) is 11.2. The average Bonchev–Trinajstić information content (AvgIpc) is 2.17. The van der Waals surface area contributed by atoms with Crippen LogP contribution in [-0.4, -0.2) is 10.7 Å². The molecular formula is C11H14N2O2S. The first kappa shape index (κ1) is 11.3. The maximum atomic E-state index is 10.7. The van der Waals surface area contributed by atoms with Crippen molar-refractivity contribution in [2.45, 2.75) is 24.2 Å². The Morgan fingerprint density at radius 2 is 2.25 bits per heavy atom. The number of thioether (sulfide) groups is 1. The minimum absolute atomic E-state index is 0.0126. The fourth-order valence-corrected chi connectivity index (χ4v) is 2.77. The number of nitro groups is 1. The van der Waals surface area contributed by atoms with Crippen molar-refractivity contribution in [3.8, 4) is 0 Å². The van der Waals surface area contributed by atoms with Gasteiger partial charge in [0.05, 0.1) is 4.92 Å². The summed E-state index contributed by atoms with van der Waals surface area (Å²) in [5.74, 6) is 1.85. The highest BCUT2D eigenvalue weighted by Crippen LogP contribution is 2.34. The molecule has 0 unspecified atom stereocenters. The Bertz CT molecular complexity index is 405. The highest BCUT2D eigenvalue weighted by molar-refractivity contribution is 7.99. The van der Waals surface area contributed by atoms with Crippen LogP contribution in [-0.2, 0) is 0 Å². The summed E-state index contributed by atoms with van der Waals surface area (Å²) >= 11 is 1.68. The molecule has 0 heterocycles. The minimum Gasteiger partial charge on any atom is -0.393 e. The van der Waals surface area contributed by atoms with Crippen LogP contribution in [0.1, 0.15) is 19.3 Å². The van der Waals surface area contributed by atoms with E-state index in [0.29, 0.717) is 0 Å². The van der Waals surface area contributed by atoms with Crippen molar-refractivity contribution in [3.63, 3.8) is 0 Å². The van der Waals surface area contributed by atoms with E-state index in [1.54, 1.807) is 23.9 Å². The van der Waals surface area contributed by atoms with Crippen LogP contribution in [0.4, 0.5) is 11.4 Å². The molecule has 1 aromatic rings. The highest BCUT2D eigenvalue weighted by atomic mass is 32.2. The van der Waals surface area contributed by atoms with Gasteiger partial charge >= 0.3 is 0 Å². The molecule has 1 aliphatic carbocycles. The topological polar surface area (TPSA) is 69.2 Å². The smallest absolute Gasteiger partial charge is 0.293 e. The molecule has 0 saturated heterocycles. The van der Waals surface area contributed by atoms with Gasteiger partial charge in [-0.2, -0.15) is 0 Å².